The molecule has 60 valence electrons. The lowest BCUT2D eigenvalue weighted by atomic mass is 9.95. The van der Waals surface area contributed by atoms with Crippen LogP contribution in [0.15, 0.2) is 0 Å². The lowest BCUT2D eigenvalue weighted by Crippen LogP contribution is -2.32. The summed E-state index contributed by atoms with van der Waals surface area (Å²) in [5.41, 5.74) is -0.190. The van der Waals surface area contributed by atoms with E-state index in [0.29, 0.717) is 0 Å². The first kappa shape index (κ1) is 9.63. The Balaban J connectivity index is 3.75. The van der Waals surface area contributed by atoms with Crippen LogP contribution in [-0.4, -0.2) is 31.3 Å². The summed E-state index contributed by atoms with van der Waals surface area (Å²) in [5.74, 6) is 0. The molecule has 0 atom stereocenters. The molecular weight excluding hydrogens is 126 g/mol. The number of hydrogen-bond acceptors (Lipinski definition) is 2. The smallest absolute Gasteiger partial charge is 0.126 e. The van der Waals surface area contributed by atoms with Gasteiger partial charge in [0.05, 0.1) is 0 Å². The molecule has 0 aliphatic heterocycles. The van der Waals surface area contributed by atoms with Crippen LogP contribution in [0.5, 0.6) is 0 Å². The predicted molar refractivity (Wildman–Crippen MR) is 43.0 cm³/mol. The summed E-state index contributed by atoms with van der Waals surface area (Å²) in [6, 6.07) is 0. The SMILES string of the molecule is CCN(C)CC(C)(C)C=O. The van der Waals surface area contributed by atoms with E-state index in [9.17, 15) is 4.79 Å². The third kappa shape index (κ3) is 3.62. The molecule has 0 fully saturated rings. The van der Waals surface area contributed by atoms with E-state index in [1.165, 1.54) is 0 Å². The maximum Gasteiger partial charge on any atom is 0.126 e. The summed E-state index contributed by atoms with van der Waals surface area (Å²) in [6.45, 7) is 7.82. The molecule has 2 heteroatoms. The standard InChI is InChI=1S/C8H17NO/c1-5-9(4)6-8(2,3)7-10/h7H,5-6H2,1-4H3. The first-order chi connectivity index (χ1) is 4.52. The highest BCUT2D eigenvalue weighted by atomic mass is 16.1. The quantitative estimate of drug-likeness (QED) is 0.550. The maximum atomic E-state index is 10.5. The Hall–Kier alpha value is -0.370. The molecule has 10 heavy (non-hydrogen) atoms. The van der Waals surface area contributed by atoms with Gasteiger partial charge in [-0.05, 0) is 13.6 Å². The van der Waals surface area contributed by atoms with Crippen molar-refractivity contribution in [1.29, 1.82) is 0 Å². The molecule has 0 heterocycles. The summed E-state index contributed by atoms with van der Waals surface area (Å²) in [6.07, 6.45) is 1.01. The van der Waals surface area contributed by atoms with Crippen LogP contribution >= 0.6 is 0 Å². The first-order valence-corrected chi connectivity index (χ1v) is 3.66. The Kier molecular flexibility index (Phi) is 3.58. The number of carbonyl (C=O) groups is 1. The van der Waals surface area contributed by atoms with Crippen LogP contribution in [0.25, 0.3) is 0 Å². The zero-order valence-electron chi connectivity index (χ0n) is 7.35. The van der Waals surface area contributed by atoms with Gasteiger partial charge >= 0.3 is 0 Å². The summed E-state index contributed by atoms with van der Waals surface area (Å²) < 4.78 is 0. The van der Waals surface area contributed by atoms with Gasteiger partial charge < -0.3 is 9.69 Å². The topological polar surface area (TPSA) is 20.3 Å². The average Bonchev–Trinajstić information content (AvgIpc) is 1.87. The molecule has 0 aromatic heterocycles. The van der Waals surface area contributed by atoms with Gasteiger partial charge in [-0.25, -0.2) is 0 Å². The minimum atomic E-state index is -0.190. The highest BCUT2D eigenvalue weighted by Crippen LogP contribution is 2.11. The fraction of sp³-hybridized carbons (Fsp3) is 0.875. The zero-order valence-corrected chi connectivity index (χ0v) is 7.35. The van der Waals surface area contributed by atoms with Gasteiger partial charge in [-0.1, -0.05) is 20.8 Å². The van der Waals surface area contributed by atoms with Crippen LogP contribution in [0.4, 0.5) is 0 Å². The van der Waals surface area contributed by atoms with Crippen LogP contribution in [0.1, 0.15) is 20.8 Å². The molecule has 0 saturated carbocycles. The van der Waals surface area contributed by atoms with Crippen LogP contribution in [0.2, 0.25) is 0 Å². The van der Waals surface area contributed by atoms with E-state index >= 15 is 0 Å². The normalized spacial score (nSPS) is 12.1. The fourth-order valence-corrected chi connectivity index (χ4v) is 0.845. The molecule has 0 spiro atoms. The van der Waals surface area contributed by atoms with E-state index in [1.807, 2.05) is 20.9 Å². The summed E-state index contributed by atoms with van der Waals surface area (Å²) >= 11 is 0. The van der Waals surface area contributed by atoms with Crippen LogP contribution in [-0.2, 0) is 4.79 Å². The van der Waals surface area contributed by atoms with E-state index < -0.39 is 0 Å². The molecule has 0 aliphatic rings. The molecule has 0 bridgehead atoms. The van der Waals surface area contributed by atoms with Crippen molar-refractivity contribution >= 4 is 6.29 Å². The molecule has 0 N–H and O–H groups in total. The monoisotopic (exact) mass is 143 g/mol. The highest BCUT2D eigenvalue weighted by Gasteiger charge is 2.17. The van der Waals surface area contributed by atoms with Gasteiger partial charge in [-0.15, -0.1) is 0 Å². The minimum Gasteiger partial charge on any atom is -0.306 e. The number of aldehydes is 1. The van der Waals surface area contributed by atoms with Crippen LogP contribution in [0, 0.1) is 5.41 Å². The van der Waals surface area contributed by atoms with E-state index in [4.69, 9.17) is 0 Å². The van der Waals surface area contributed by atoms with Crippen molar-refractivity contribution in [3.63, 3.8) is 0 Å². The molecule has 0 aromatic rings. The van der Waals surface area contributed by atoms with Crippen molar-refractivity contribution in [2.75, 3.05) is 20.1 Å². The predicted octanol–water partition coefficient (Wildman–Crippen LogP) is 1.16. The molecule has 2 nitrogen and oxygen atoms in total. The zero-order chi connectivity index (χ0) is 8.20. The average molecular weight is 143 g/mol. The number of hydrogen-bond donors (Lipinski definition) is 0. The molecule has 0 aromatic carbocycles. The molecule has 0 aliphatic carbocycles. The van der Waals surface area contributed by atoms with Gasteiger partial charge in [0.1, 0.15) is 6.29 Å². The van der Waals surface area contributed by atoms with Crippen molar-refractivity contribution in [3.05, 3.63) is 0 Å². The number of rotatable bonds is 4. The Morgan fingerprint density at radius 1 is 1.50 bits per heavy atom. The Bertz CT molecular complexity index is 110. The Morgan fingerprint density at radius 2 is 2.00 bits per heavy atom. The molecule has 0 saturated heterocycles. The third-order valence-electron chi connectivity index (χ3n) is 1.54. The van der Waals surface area contributed by atoms with E-state index in [-0.39, 0.29) is 5.41 Å². The van der Waals surface area contributed by atoms with Crippen molar-refractivity contribution in [1.82, 2.24) is 4.90 Å². The van der Waals surface area contributed by atoms with E-state index in [0.717, 1.165) is 19.4 Å². The van der Waals surface area contributed by atoms with Crippen molar-refractivity contribution in [3.8, 4) is 0 Å². The molecular formula is C8H17NO. The highest BCUT2D eigenvalue weighted by molar-refractivity contribution is 5.58. The van der Waals surface area contributed by atoms with Gasteiger partial charge in [-0.2, -0.15) is 0 Å². The second kappa shape index (κ2) is 3.71. The lowest BCUT2D eigenvalue weighted by Gasteiger charge is -2.23. The number of nitrogens with zero attached hydrogens (tertiary/aromatic N) is 1. The molecule has 0 amide bonds. The molecule has 0 unspecified atom stereocenters. The third-order valence-corrected chi connectivity index (χ3v) is 1.54. The lowest BCUT2D eigenvalue weighted by molar-refractivity contribution is -0.115. The van der Waals surface area contributed by atoms with Gasteiger partial charge in [0.25, 0.3) is 0 Å². The second-order valence-electron chi connectivity index (χ2n) is 3.44. The van der Waals surface area contributed by atoms with Gasteiger partial charge in [0, 0.05) is 12.0 Å². The van der Waals surface area contributed by atoms with Crippen LogP contribution < -0.4 is 0 Å². The van der Waals surface area contributed by atoms with Gasteiger partial charge in [0.2, 0.25) is 0 Å². The van der Waals surface area contributed by atoms with Crippen molar-refractivity contribution < 1.29 is 4.79 Å². The first-order valence-electron chi connectivity index (χ1n) is 3.66. The molecule has 0 rings (SSSR count). The van der Waals surface area contributed by atoms with Crippen molar-refractivity contribution in [2.24, 2.45) is 5.41 Å². The van der Waals surface area contributed by atoms with E-state index in [1.54, 1.807) is 0 Å². The summed E-state index contributed by atoms with van der Waals surface area (Å²) in [5, 5.41) is 0. The van der Waals surface area contributed by atoms with Crippen molar-refractivity contribution in [2.45, 2.75) is 20.8 Å². The fourth-order valence-electron chi connectivity index (χ4n) is 0.845. The summed E-state index contributed by atoms with van der Waals surface area (Å²) in [7, 11) is 2.02. The molecule has 0 radical (unpaired) electrons. The van der Waals surface area contributed by atoms with Gasteiger partial charge in [-0.3, -0.25) is 0 Å². The second-order valence-corrected chi connectivity index (χ2v) is 3.44. The largest absolute Gasteiger partial charge is 0.306 e. The maximum absolute atomic E-state index is 10.5. The van der Waals surface area contributed by atoms with Gasteiger partial charge in [0.15, 0.2) is 0 Å². The summed E-state index contributed by atoms with van der Waals surface area (Å²) in [4.78, 5) is 12.6. The minimum absolute atomic E-state index is 0.190. The van der Waals surface area contributed by atoms with E-state index in [2.05, 4.69) is 11.8 Å². The Labute approximate surface area is 63.2 Å². The number of carbonyl (C=O) groups excluding carboxylic acids is 1. The van der Waals surface area contributed by atoms with Crippen LogP contribution in [0.3, 0.4) is 0 Å². The Morgan fingerprint density at radius 3 is 2.30 bits per heavy atom.